The fourth-order valence-corrected chi connectivity index (χ4v) is 1.96. The van der Waals surface area contributed by atoms with Gasteiger partial charge in [-0.3, -0.25) is 10.1 Å². The van der Waals surface area contributed by atoms with Crippen molar-refractivity contribution in [3.63, 3.8) is 0 Å². The predicted octanol–water partition coefficient (Wildman–Crippen LogP) is 1.08. The van der Waals surface area contributed by atoms with E-state index in [2.05, 4.69) is 4.74 Å². The highest BCUT2D eigenvalue weighted by Crippen LogP contribution is 2.35. The Morgan fingerprint density at radius 3 is 2.45 bits per heavy atom. The number of rotatable bonds is 5. The second-order valence-electron chi connectivity index (χ2n) is 4.33. The van der Waals surface area contributed by atoms with E-state index in [9.17, 15) is 19.7 Å². The van der Waals surface area contributed by atoms with Crippen molar-refractivity contribution < 1.29 is 33.5 Å². The van der Waals surface area contributed by atoms with Crippen LogP contribution in [0.1, 0.15) is 16.8 Å². The van der Waals surface area contributed by atoms with Gasteiger partial charge < -0.3 is 18.9 Å². The van der Waals surface area contributed by atoms with Crippen molar-refractivity contribution in [3.8, 4) is 11.5 Å². The zero-order chi connectivity index (χ0) is 16.3. The topological polar surface area (TPSA) is 114 Å². The third kappa shape index (κ3) is 2.92. The third-order valence-electron chi connectivity index (χ3n) is 3.06. The molecular formula is C13H13NO8. The van der Waals surface area contributed by atoms with Gasteiger partial charge in [0, 0.05) is 12.5 Å². The van der Waals surface area contributed by atoms with E-state index in [-0.39, 0.29) is 30.1 Å². The van der Waals surface area contributed by atoms with Gasteiger partial charge >= 0.3 is 11.9 Å². The van der Waals surface area contributed by atoms with E-state index in [1.807, 2.05) is 0 Å². The molecule has 118 valence electrons. The molecule has 0 unspecified atom stereocenters. The quantitative estimate of drug-likeness (QED) is 0.451. The van der Waals surface area contributed by atoms with Gasteiger partial charge in [-0.1, -0.05) is 0 Å². The van der Waals surface area contributed by atoms with Crippen LogP contribution in [0.4, 0.5) is 5.69 Å². The standard InChI is InChI=1S/C13H13NO8/c1-19-10-5-7(8(14(17)18)6-11(10)20-2)12(15)22-9-3-4-21-13(9)16/h5-6,9H,3-4H2,1-2H3/t9-/m0/s1. The van der Waals surface area contributed by atoms with Crippen LogP contribution in [0.3, 0.4) is 0 Å². The zero-order valence-corrected chi connectivity index (χ0v) is 11.9. The Labute approximate surface area is 124 Å². The van der Waals surface area contributed by atoms with E-state index in [0.29, 0.717) is 0 Å². The van der Waals surface area contributed by atoms with Crippen molar-refractivity contribution in [2.75, 3.05) is 20.8 Å². The van der Waals surface area contributed by atoms with Crippen molar-refractivity contribution in [3.05, 3.63) is 27.8 Å². The Morgan fingerprint density at radius 1 is 1.32 bits per heavy atom. The molecule has 1 saturated heterocycles. The molecule has 0 amide bonds. The molecule has 0 aliphatic carbocycles. The minimum atomic E-state index is -1.06. The summed E-state index contributed by atoms with van der Waals surface area (Å²) in [4.78, 5) is 33.8. The van der Waals surface area contributed by atoms with Gasteiger partial charge in [0.15, 0.2) is 11.5 Å². The number of carbonyl (C=O) groups is 2. The maximum absolute atomic E-state index is 12.1. The summed E-state index contributed by atoms with van der Waals surface area (Å²) >= 11 is 0. The van der Waals surface area contributed by atoms with E-state index >= 15 is 0 Å². The molecule has 9 nitrogen and oxygen atoms in total. The number of hydrogen-bond acceptors (Lipinski definition) is 8. The minimum absolute atomic E-state index is 0.103. The third-order valence-corrected chi connectivity index (χ3v) is 3.06. The number of hydrogen-bond donors (Lipinski definition) is 0. The molecule has 2 rings (SSSR count). The van der Waals surface area contributed by atoms with E-state index in [4.69, 9.17) is 14.2 Å². The molecule has 0 saturated carbocycles. The van der Waals surface area contributed by atoms with Gasteiger partial charge in [0.05, 0.1) is 31.8 Å². The number of carbonyl (C=O) groups excluding carboxylic acids is 2. The lowest BCUT2D eigenvalue weighted by Gasteiger charge is -2.11. The van der Waals surface area contributed by atoms with Crippen LogP contribution in [0.15, 0.2) is 12.1 Å². The normalized spacial score (nSPS) is 16.8. The van der Waals surface area contributed by atoms with Crippen molar-refractivity contribution in [1.82, 2.24) is 0 Å². The first-order valence-corrected chi connectivity index (χ1v) is 6.26. The largest absolute Gasteiger partial charge is 0.493 e. The molecule has 0 spiro atoms. The molecule has 1 atom stereocenters. The van der Waals surface area contributed by atoms with Crippen LogP contribution in [0, 0.1) is 10.1 Å². The molecule has 9 heteroatoms. The van der Waals surface area contributed by atoms with Crippen LogP contribution >= 0.6 is 0 Å². The molecule has 1 fully saturated rings. The molecular weight excluding hydrogens is 298 g/mol. The molecule has 0 N–H and O–H groups in total. The van der Waals surface area contributed by atoms with E-state index < -0.39 is 28.7 Å². The lowest BCUT2D eigenvalue weighted by atomic mass is 10.1. The second-order valence-corrected chi connectivity index (χ2v) is 4.33. The Kier molecular flexibility index (Phi) is 4.44. The first-order valence-electron chi connectivity index (χ1n) is 6.26. The monoisotopic (exact) mass is 311 g/mol. The highest BCUT2D eigenvalue weighted by molar-refractivity contribution is 5.96. The Balaban J connectivity index is 2.37. The predicted molar refractivity (Wildman–Crippen MR) is 71.0 cm³/mol. The summed E-state index contributed by atoms with van der Waals surface area (Å²) in [5, 5.41) is 11.1. The number of ether oxygens (including phenoxy) is 4. The maximum Gasteiger partial charge on any atom is 0.347 e. The van der Waals surface area contributed by atoms with Crippen LogP contribution in [0.2, 0.25) is 0 Å². The van der Waals surface area contributed by atoms with Gasteiger partial charge in [0.1, 0.15) is 5.56 Å². The van der Waals surface area contributed by atoms with Crippen LogP contribution < -0.4 is 9.47 Å². The number of nitrogens with zero attached hydrogens (tertiary/aromatic N) is 1. The number of cyclic esters (lactones) is 1. The lowest BCUT2D eigenvalue weighted by Crippen LogP contribution is -2.23. The summed E-state index contributed by atoms with van der Waals surface area (Å²) in [6.07, 6.45) is -0.841. The van der Waals surface area contributed by atoms with E-state index in [1.54, 1.807) is 0 Å². The summed E-state index contributed by atoms with van der Waals surface area (Å²) in [7, 11) is 2.64. The van der Waals surface area contributed by atoms with Gasteiger partial charge in [-0.15, -0.1) is 0 Å². The van der Waals surface area contributed by atoms with Gasteiger partial charge in [-0.05, 0) is 0 Å². The Morgan fingerprint density at radius 2 is 1.95 bits per heavy atom. The minimum Gasteiger partial charge on any atom is -0.493 e. The molecule has 1 aromatic carbocycles. The Hall–Kier alpha value is -2.84. The van der Waals surface area contributed by atoms with Crippen molar-refractivity contribution in [2.24, 2.45) is 0 Å². The molecule has 1 aromatic rings. The highest BCUT2D eigenvalue weighted by Gasteiger charge is 2.33. The molecule has 22 heavy (non-hydrogen) atoms. The summed E-state index contributed by atoms with van der Waals surface area (Å²) in [6.45, 7) is 0.144. The average Bonchev–Trinajstić information content (AvgIpc) is 2.90. The van der Waals surface area contributed by atoms with Crippen LogP contribution in [0.25, 0.3) is 0 Å². The molecule has 0 aromatic heterocycles. The van der Waals surface area contributed by atoms with Gasteiger partial charge in [-0.2, -0.15) is 0 Å². The smallest absolute Gasteiger partial charge is 0.347 e. The van der Waals surface area contributed by atoms with Crippen molar-refractivity contribution >= 4 is 17.6 Å². The summed E-state index contributed by atoms with van der Waals surface area (Å²) in [5.41, 5.74) is -0.837. The number of nitro benzene ring substituents is 1. The van der Waals surface area contributed by atoms with Gasteiger partial charge in [0.25, 0.3) is 5.69 Å². The SMILES string of the molecule is COc1cc(C(=O)O[C@H]2CCOC2=O)c([N+](=O)[O-])cc1OC. The summed E-state index contributed by atoms with van der Waals surface area (Å²) in [5.74, 6) is -1.44. The van der Waals surface area contributed by atoms with E-state index in [1.165, 1.54) is 14.2 Å². The van der Waals surface area contributed by atoms with Crippen molar-refractivity contribution in [1.29, 1.82) is 0 Å². The van der Waals surface area contributed by atoms with Crippen LogP contribution in [-0.2, 0) is 14.3 Å². The highest BCUT2D eigenvalue weighted by atomic mass is 16.6. The molecule has 1 aliphatic rings. The second kappa shape index (κ2) is 6.29. The van der Waals surface area contributed by atoms with E-state index in [0.717, 1.165) is 12.1 Å². The van der Waals surface area contributed by atoms with Crippen molar-refractivity contribution in [2.45, 2.75) is 12.5 Å². The average molecular weight is 311 g/mol. The number of esters is 2. The number of methoxy groups -OCH3 is 2. The zero-order valence-electron chi connectivity index (χ0n) is 11.9. The molecule has 0 radical (unpaired) electrons. The fourth-order valence-electron chi connectivity index (χ4n) is 1.96. The summed E-state index contributed by atoms with van der Waals surface area (Å²) < 4.78 is 19.6. The van der Waals surface area contributed by atoms with Crippen LogP contribution in [0.5, 0.6) is 11.5 Å². The number of nitro groups is 1. The first kappa shape index (κ1) is 15.5. The molecule has 1 heterocycles. The van der Waals surface area contributed by atoms with Gasteiger partial charge in [-0.25, -0.2) is 9.59 Å². The maximum atomic E-state index is 12.1. The fraction of sp³-hybridized carbons (Fsp3) is 0.385. The Bertz CT molecular complexity index is 627. The lowest BCUT2D eigenvalue weighted by molar-refractivity contribution is -0.385. The first-order chi connectivity index (χ1) is 10.5. The molecule has 0 bridgehead atoms. The summed E-state index contributed by atoms with van der Waals surface area (Å²) in [6, 6.07) is 2.20. The molecule has 1 aliphatic heterocycles. The van der Waals surface area contributed by atoms with Crippen LogP contribution in [-0.4, -0.2) is 43.8 Å². The number of benzene rings is 1. The van der Waals surface area contributed by atoms with Gasteiger partial charge in [0.2, 0.25) is 6.10 Å².